The van der Waals surface area contributed by atoms with Crippen LogP contribution in [0.4, 0.5) is 0 Å². The third-order valence-electron chi connectivity index (χ3n) is 4.30. The van der Waals surface area contributed by atoms with Crippen molar-refractivity contribution in [2.45, 2.75) is 33.2 Å². The SMILES string of the molecule is Cc1ccc(C)c(C(C)NC(=O)Cc2c[nH]c3ccccc23)c1. The highest BCUT2D eigenvalue weighted by atomic mass is 16.1. The van der Waals surface area contributed by atoms with E-state index in [0.717, 1.165) is 16.5 Å². The second-order valence-corrected chi connectivity index (χ2v) is 6.19. The molecule has 3 nitrogen and oxygen atoms in total. The van der Waals surface area contributed by atoms with Crippen LogP contribution in [0.2, 0.25) is 0 Å². The third-order valence-corrected chi connectivity index (χ3v) is 4.30. The van der Waals surface area contributed by atoms with E-state index in [-0.39, 0.29) is 11.9 Å². The Morgan fingerprint density at radius 1 is 1.17 bits per heavy atom. The minimum atomic E-state index is 0.00704. The van der Waals surface area contributed by atoms with Gasteiger partial charge in [-0.15, -0.1) is 0 Å². The molecule has 3 aromatic rings. The molecule has 2 N–H and O–H groups in total. The lowest BCUT2D eigenvalue weighted by atomic mass is 9.99. The molecule has 0 saturated heterocycles. The number of hydrogen-bond acceptors (Lipinski definition) is 1. The van der Waals surface area contributed by atoms with Gasteiger partial charge in [0, 0.05) is 17.1 Å². The fourth-order valence-electron chi connectivity index (χ4n) is 3.05. The molecule has 1 aromatic heterocycles. The van der Waals surface area contributed by atoms with Crippen molar-refractivity contribution in [3.05, 3.63) is 70.9 Å². The Kier molecular flexibility index (Phi) is 4.20. The van der Waals surface area contributed by atoms with Crippen molar-refractivity contribution in [3.63, 3.8) is 0 Å². The van der Waals surface area contributed by atoms with E-state index >= 15 is 0 Å². The van der Waals surface area contributed by atoms with Crippen LogP contribution in [0.5, 0.6) is 0 Å². The van der Waals surface area contributed by atoms with Crippen LogP contribution < -0.4 is 5.32 Å². The summed E-state index contributed by atoms with van der Waals surface area (Å²) in [5.41, 5.74) is 5.69. The molecule has 0 radical (unpaired) electrons. The number of fused-ring (bicyclic) bond motifs is 1. The molecule has 1 unspecified atom stereocenters. The van der Waals surface area contributed by atoms with Gasteiger partial charge in [-0.25, -0.2) is 0 Å². The number of benzene rings is 2. The highest BCUT2D eigenvalue weighted by Gasteiger charge is 2.14. The molecule has 1 atom stereocenters. The van der Waals surface area contributed by atoms with E-state index in [4.69, 9.17) is 0 Å². The minimum absolute atomic E-state index is 0.00704. The molecule has 3 heteroatoms. The van der Waals surface area contributed by atoms with Crippen molar-refractivity contribution in [2.24, 2.45) is 0 Å². The number of aryl methyl sites for hydroxylation is 2. The zero-order valence-corrected chi connectivity index (χ0v) is 13.8. The van der Waals surface area contributed by atoms with E-state index < -0.39 is 0 Å². The Morgan fingerprint density at radius 2 is 1.96 bits per heavy atom. The predicted octanol–water partition coefficient (Wildman–Crippen LogP) is 4.20. The molecule has 0 aliphatic heterocycles. The molecule has 0 saturated carbocycles. The van der Waals surface area contributed by atoms with E-state index in [9.17, 15) is 4.79 Å². The van der Waals surface area contributed by atoms with Crippen molar-refractivity contribution >= 4 is 16.8 Å². The van der Waals surface area contributed by atoms with Gasteiger partial charge in [0.05, 0.1) is 12.5 Å². The molecular weight excluding hydrogens is 284 g/mol. The predicted molar refractivity (Wildman–Crippen MR) is 94.5 cm³/mol. The Balaban J connectivity index is 1.73. The van der Waals surface area contributed by atoms with Crippen LogP contribution in [0.1, 0.15) is 35.2 Å². The number of para-hydroxylation sites is 1. The summed E-state index contributed by atoms with van der Waals surface area (Å²) in [6, 6.07) is 14.4. The quantitative estimate of drug-likeness (QED) is 0.745. The Hall–Kier alpha value is -2.55. The summed E-state index contributed by atoms with van der Waals surface area (Å²) in [6.45, 7) is 6.19. The minimum Gasteiger partial charge on any atom is -0.361 e. The Labute approximate surface area is 136 Å². The average Bonchev–Trinajstić information content (AvgIpc) is 2.93. The van der Waals surface area contributed by atoms with Crippen molar-refractivity contribution in [1.82, 2.24) is 10.3 Å². The van der Waals surface area contributed by atoms with Gasteiger partial charge >= 0.3 is 0 Å². The number of carbonyl (C=O) groups excluding carboxylic acids is 1. The van der Waals surface area contributed by atoms with Crippen LogP contribution in [0.15, 0.2) is 48.7 Å². The molecule has 0 bridgehead atoms. The number of carbonyl (C=O) groups is 1. The van der Waals surface area contributed by atoms with Gasteiger partial charge in [0.1, 0.15) is 0 Å². The maximum Gasteiger partial charge on any atom is 0.224 e. The van der Waals surface area contributed by atoms with Gasteiger partial charge in [-0.2, -0.15) is 0 Å². The first-order valence-corrected chi connectivity index (χ1v) is 7.96. The van der Waals surface area contributed by atoms with Crippen LogP contribution in [-0.2, 0) is 11.2 Å². The molecular formula is C20H22N2O. The normalized spacial score (nSPS) is 12.3. The average molecular weight is 306 g/mol. The fourth-order valence-corrected chi connectivity index (χ4v) is 3.05. The molecule has 1 heterocycles. The lowest BCUT2D eigenvalue weighted by molar-refractivity contribution is -0.121. The Bertz CT molecular complexity index is 848. The van der Waals surface area contributed by atoms with Crippen molar-refractivity contribution in [3.8, 4) is 0 Å². The topological polar surface area (TPSA) is 44.9 Å². The van der Waals surface area contributed by atoms with Crippen molar-refractivity contribution < 1.29 is 4.79 Å². The standard InChI is InChI=1S/C20H22N2O/c1-13-8-9-14(2)18(10-13)15(3)22-20(23)11-16-12-21-19-7-5-4-6-17(16)19/h4-10,12,15,21H,11H2,1-3H3,(H,22,23). The molecule has 1 amide bonds. The number of amides is 1. The summed E-state index contributed by atoms with van der Waals surface area (Å²) in [5, 5.41) is 4.23. The van der Waals surface area contributed by atoms with Crippen LogP contribution in [-0.4, -0.2) is 10.9 Å². The van der Waals surface area contributed by atoms with Gasteiger partial charge in [0.2, 0.25) is 5.91 Å². The molecule has 0 aliphatic carbocycles. The lowest BCUT2D eigenvalue weighted by Crippen LogP contribution is -2.28. The second kappa shape index (κ2) is 6.29. The van der Waals surface area contributed by atoms with Gasteiger partial charge in [-0.1, -0.05) is 42.0 Å². The number of hydrogen-bond donors (Lipinski definition) is 2. The fraction of sp³-hybridized carbons (Fsp3) is 0.250. The number of nitrogens with one attached hydrogen (secondary N) is 2. The maximum absolute atomic E-state index is 12.4. The lowest BCUT2D eigenvalue weighted by Gasteiger charge is -2.17. The van der Waals surface area contributed by atoms with E-state index in [1.54, 1.807) is 0 Å². The summed E-state index contributed by atoms with van der Waals surface area (Å²) in [4.78, 5) is 15.6. The number of rotatable bonds is 4. The van der Waals surface area contributed by atoms with Crippen LogP contribution in [0, 0.1) is 13.8 Å². The van der Waals surface area contributed by atoms with Crippen molar-refractivity contribution in [2.75, 3.05) is 0 Å². The Morgan fingerprint density at radius 3 is 2.78 bits per heavy atom. The third kappa shape index (κ3) is 3.29. The maximum atomic E-state index is 12.4. The van der Waals surface area contributed by atoms with Gasteiger partial charge < -0.3 is 10.3 Å². The van der Waals surface area contributed by atoms with Crippen LogP contribution >= 0.6 is 0 Å². The molecule has 3 rings (SSSR count). The molecule has 0 fully saturated rings. The van der Waals surface area contributed by atoms with E-state index in [1.165, 1.54) is 16.7 Å². The summed E-state index contributed by atoms with van der Waals surface area (Å²) < 4.78 is 0. The largest absolute Gasteiger partial charge is 0.361 e. The zero-order valence-electron chi connectivity index (χ0n) is 13.8. The first-order valence-electron chi connectivity index (χ1n) is 7.96. The molecule has 23 heavy (non-hydrogen) atoms. The summed E-state index contributed by atoms with van der Waals surface area (Å²) in [7, 11) is 0. The second-order valence-electron chi connectivity index (χ2n) is 6.19. The zero-order chi connectivity index (χ0) is 16.4. The van der Waals surface area contributed by atoms with Gasteiger partial charge in [0.25, 0.3) is 0 Å². The number of aromatic amines is 1. The summed E-state index contributed by atoms with van der Waals surface area (Å²) in [6.07, 6.45) is 2.31. The van der Waals surface area contributed by atoms with E-state index in [1.807, 2.05) is 37.4 Å². The summed E-state index contributed by atoms with van der Waals surface area (Å²) >= 11 is 0. The van der Waals surface area contributed by atoms with Crippen molar-refractivity contribution in [1.29, 1.82) is 0 Å². The molecule has 0 aliphatic rings. The molecule has 118 valence electrons. The van der Waals surface area contributed by atoms with Gasteiger partial charge in [-0.3, -0.25) is 4.79 Å². The summed E-state index contributed by atoms with van der Waals surface area (Å²) in [5.74, 6) is 0.0446. The number of aromatic nitrogens is 1. The smallest absolute Gasteiger partial charge is 0.224 e. The highest BCUT2D eigenvalue weighted by molar-refractivity contribution is 5.89. The van der Waals surface area contributed by atoms with Gasteiger partial charge in [0.15, 0.2) is 0 Å². The van der Waals surface area contributed by atoms with E-state index in [0.29, 0.717) is 6.42 Å². The molecule has 0 spiro atoms. The highest BCUT2D eigenvalue weighted by Crippen LogP contribution is 2.21. The van der Waals surface area contributed by atoms with Gasteiger partial charge in [-0.05, 0) is 43.5 Å². The number of H-pyrrole nitrogens is 1. The van der Waals surface area contributed by atoms with E-state index in [2.05, 4.69) is 42.3 Å². The van der Waals surface area contributed by atoms with Crippen LogP contribution in [0.3, 0.4) is 0 Å². The molecule has 2 aromatic carbocycles. The first-order chi connectivity index (χ1) is 11.0. The van der Waals surface area contributed by atoms with Crippen LogP contribution in [0.25, 0.3) is 10.9 Å². The first kappa shape index (κ1) is 15.3. The monoisotopic (exact) mass is 306 g/mol.